The van der Waals surface area contributed by atoms with Gasteiger partial charge in [0.15, 0.2) is 21.3 Å². The van der Waals surface area contributed by atoms with Gasteiger partial charge in [-0.15, -0.1) is 0 Å². The van der Waals surface area contributed by atoms with Crippen LogP contribution in [0.25, 0.3) is 21.9 Å². The fourth-order valence-corrected chi connectivity index (χ4v) is 5.76. The lowest BCUT2D eigenvalue weighted by Crippen LogP contribution is -2.32. The summed E-state index contributed by atoms with van der Waals surface area (Å²) in [5.74, 6) is 1.41. The number of rotatable bonds is 14. The summed E-state index contributed by atoms with van der Waals surface area (Å²) in [6, 6.07) is 27.6. The number of aryl methyl sites for hydroxylation is 1. The lowest BCUT2D eigenvalue weighted by atomic mass is 9.99. The molecule has 0 spiro atoms. The van der Waals surface area contributed by atoms with Crippen LogP contribution in [0.5, 0.6) is 28.7 Å². The molecule has 0 saturated heterocycles. The summed E-state index contributed by atoms with van der Waals surface area (Å²) in [5, 5.41) is 20.8. The number of sulfone groups is 1. The summed E-state index contributed by atoms with van der Waals surface area (Å²) in [7, 11) is -3.35. The van der Waals surface area contributed by atoms with E-state index < -0.39 is 15.8 Å². The molecule has 0 heterocycles. The number of ether oxygens (including phenoxy) is 3. The van der Waals surface area contributed by atoms with Crippen LogP contribution in [0.1, 0.15) is 22.8 Å². The number of carboxylic acid groups (broad SMARTS) is 1. The third kappa shape index (κ3) is 8.41. The topological polar surface area (TPSA) is 123 Å². The number of aromatic carboxylic acids is 1. The van der Waals surface area contributed by atoms with E-state index in [1.165, 1.54) is 18.4 Å². The number of phenols is 1. The molecule has 0 aliphatic rings. The van der Waals surface area contributed by atoms with Crippen molar-refractivity contribution in [2.45, 2.75) is 18.7 Å². The van der Waals surface area contributed by atoms with Crippen molar-refractivity contribution in [1.82, 2.24) is 4.90 Å². The second-order valence-electron chi connectivity index (χ2n) is 11.2. The van der Waals surface area contributed by atoms with E-state index in [0.29, 0.717) is 49.3 Å². The van der Waals surface area contributed by atoms with Crippen molar-refractivity contribution in [2.24, 2.45) is 0 Å². The van der Waals surface area contributed by atoms with Crippen LogP contribution >= 0.6 is 0 Å². The standard InChI is InChI=1S/C37H37NO8S/c1-4-38(19-21-44-30-12-6-27(7-13-30)37(40)41)20-22-45-34-18-5-25(2)23-35(34)46-36-32(16-10-28-24-29(39)11-17-33(28)36)26-8-14-31(15-9-26)47(3,42)43/h5-18,23-24,39H,4,19-22H2,1-3H3,(H,40,41). The predicted molar refractivity (Wildman–Crippen MR) is 182 cm³/mol. The number of hydrogen-bond donors (Lipinski definition) is 2. The Bertz CT molecular complexity index is 1970. The zero-order valence-corrected chi connectivity index (χ0v) is 27.3. The minimum atomic E-state index is -3.35. The zero-order valence-electron chi connectivity index (χ0n) is 26.5. The first-order chi connectivity index (χ1) is 22.5. The van der Waals surface area contributed by atoms with Crippen LogP contribution in [0.15, 0.2) is 102 Å². The molecule has 0 radical (unpaired) electrons. The molecule has 0 aromatic heterocycles. The number of fused-ring (bicyclic) bond motifs is 1. The average Bonchev–Trinajstić information content (AvgIpc) is 3.05. The Hall–Kier alpha value is -5.06. The summed E-state index contributed by atoms with van der Waals surface area (Å²) in [4.78, 5) is 13.5. The normalized spacial score (nSPS) is 11.5. The Balaban J connectivity index is 1.33. The van der Waals surface area contributed by atoms with Gasteiger partial charge in [0.05, 0.1) is 10.5 Å². The molecule has 0 aliphatic heterocycles. The highest BCUT2D eigenvalue weighted by Crippen LogP contribution is 2.43. The number of nitrogens with zero attached hydrogens (tertiary/aromatic N) is 1. The molecule has 47 heavy (non-hydrogen) atoms. The summed E-state index contributed by atoms with van der Waals surface area (Å²) in [5.41, 5.74) is 2.72. The van der Waals surface area contributed by atoms with E-state index in [1.807, 2.05) is 37.3 Å². The van der Waals surface area contributed by atoms with Gasteiger partial charge in [0.2, 0.25) is 0 Å². The smallest absolute Gasteiger partial charge is 0.335 e. The van der Waals surface area contributed by atoms with Crippen molar-refractivity contribution in [2.75, 3.05) is 39.1 Å². The number of carbonyl (C=O) groups is 1. The van der Waals surface area contributed by atoms with E-state index >= 15 is 0 Å². The molecule has 0 saturated carbocycles. The SMILES string of the molecule is CCN(CCOc1ccc(C(=O)O)cc1)CCOc1ccc(C)cc1Oc1c(-c2ccc(S(C)(=O)=O)cc2)ccc2cc(O)ccc12. The van der Waals surface area contributed by atoms with Crippen molar-refractivity contribution in [3.05, 3.63) is 108 Å². The van der Waals surface area contributed by atoms with E-state index in [0.717, 1.165) is 34.0 Å². The van der Waals surface area contributed by atoms with Crippen molar-refractivity contribution in [1.29, 1.82) is 0 Å². The summed E-state index contributed by atoms with van der Waals surface area (Å²) in [6.07, 6.45) is 1.18. The molecule has 2 N–H and O–H groups in total. The number of phenolic OH excluding ortho intramolecular Hbond substituents is 1. The number of benzene rings is 5. The Kier molecular flexibility index (Phi) is 10.3. The first-order valence-corrected chi connectivity index (χ1v) is 17.1. The van der Waals surface area contributed by atoms with Crippen molar-refractivity contribution in [3.63, 3.8) is 0 Å². The Morgan fingerprint density at radius 1 is 0.809 bits per heavy atom. The van der Waals surface area contributed by atoms with Gasteiger partial charge in [0.25, 0.3) is 0 Å². The van der Waals surface area contributed by atoms with E-state index in [1.54, 1.807) is 54.6 Å². The lowest BCUT2D eigenvalue weighted by Gasteiger charge is -2.22. The van der Waals surface area contributed by atoms with E-state index in [9.17, 15) is 18.3 Å². The maximum Gasteiger partial charge on any atom is 0.335 e. The van der Waals surface area contributed by atoms with Crippen LogP contribution in [0.3, 0.4) is 0 Å². The van der Waals surface area contributed by atoms with Gasteiger partial charge < -0.3 is 24.4 Å². The third-order valence-corrected chi connectivity index (χ3v) is 8.88. The molecule has 0 aliphatic carbocycles. The fraction of sp³-hybridized carbons (Fsp3) is 0.216. The second-order valence-corrected chi connectivity index (χ2v) is 13.2. The summed E-state index contributed by atoms with van der Waals surface area (Å²) >= 11 is 0. The van der Waals surface area contributed by atoms with Crippen LogP contribution in [-0.2, 0) is 9.84 Å². The average molecular weight is 656 g/mol. The highest BCUT2D eigenvalue weighted by Gasteiger charge is 2.17. The largest absolute Gasteiger partial charge is 0.508 e. The van der Waals surface area contributed by atoms with Gasteiger partial charge in [-0.2, -0.15) is 0 Å². The van der Waals surface area contributed by atoms with Crippen molar-refractivity contribution >= 4 is 26.6 Å². The van der Waals surface area contributed by atoms with Crippen LogP contribution < -0.4 is 14.2 Å². The fourth-order valence-electron chi connectivity index (χ4n) is 5.13. The predicted octanol–water partition coefficient (Wildman–Crippen LogP) is 7.19. The Morgan fingerprint density at radius 3 is 2.17 bits per heavy atom. The third-order valence-electron chi connectivity index (χ3n) is 7.75. The minimum absolute atomic E-state index is 0.134. The Morgan fingerprint density at radius 2 is 1.51 bits per heavy atom. The van der Waals surface area contributed by atoms with Gasteiger partial charge in [-0.1, -0.05) is 31.2 Å². The number of likely N-dealkylation sites (N-methyl/N-ethyl adjacent to an activating group) is 1. The van der Waals surface area contributed by atoms with Gasteiger partial charge in [-0.05, 0) is 103 Å². The first-order valence-electron chi connectivity index (χ1n) is 15.2. The molecule has 0 unspecified atom stereocenters. The van der Waals surface area contributed by atoms with Gasteiger partial charge in [-0.25, -0.2) is 13.2 Å². The lowest BCUT2D eigenvalue weighted by molar-refractivity contribution is 0.0696. The van der Waals surface area contributed by atoms with Gasteiger partial charge >= 0.3 is 5.97 Å². The maximum atomic E-state index is 12.1. The van der Waals surface area contributed by atoms with Crippen molar-refractivity contribution < 1.29 is 37.6 Å². The second kappa shape index (κ2) is 14.6. The number of aromatic hydroxyl groups is 1. The minimum Gasteiger partial charge on any atom is -0.508 e. The molecule has 5 rings (SSSR count). The molecule has 10 heteroatoms. The van der Waals surface area contributed by atoms with Crippen LogP contribution in [0, 0.1) is 6.92 Å². The number of hydrogen-bond acceptors (Lipinski definition) is 8. The van der Waals surface area contributed by atoms with Gasteiger partial charge in [-0.3, -0.25) is 4.90 Å². The molecule has 0 fully saturated rings. The Labute approximate surface area is 274 Å². The summed E-state index contributed by atoms with van der Waals surface area (Å²) < 4.78 is 42.8. The van der Waals surface area contributed by atoms with Crippen LogP contribution in [0.4, 0.5) is 0 Å². The highest BCUT2D eigenvalue weighted by molar-refractivity contribution is 7.90. The number of carboxylic acids is 1. The first kappa shape index (κ1) is 33.3. The van der Waals surface area contributed by atoms with Gasteiger partial charge in [0.1, 0.15) is 30.5 Å². The van der Waals surface area contributed by atoms with Crippen LogP contribution in [0.2, 0.25) is 0 Å². The molecular weight excluding hydrogens is 618 g/mol. The quantitative estimate of drug-likeness (QED) is 0.128. The molecule has 0 atom stereocenters. The molecular formula is C37H37NO8S. The van der Waals surface area contributed by atoms with Gasteiger partial charge in [0, 0.05) is 30.3 Å². The van der Waals surface area contributed by atoms with E-state index in [2.05, 4.69) is 11.8 Å². The zero-order chi connectivity index (χ0) is 33.6. The molecule has 9 nitrogen and oxygen atoms in total. The van der Waals surface area contributed by atoms with Crippen molar-refractivity contribution in [3.8, 4) is 39.9 Å². The monoisotopic (exact) mass is 655 g/mol. The van der Waals surface area contributed by atoms with E-state index in [4.69, 9.17) is 19.3 Å². The highest BCUT2D eigenvalue weighted by atomic mass is 32.2. The molecule has 5 aromatic rings. The maximum absolute atomic E-state index is 12.1. The summed E-state index contributed by atoms with van der Waals surface area (Å²) in [6.45, 7) is 6.93. The molecule has 5 aromatic carbocycles. The molecule has 0 amide bonds. The van der Waals surface area contributed by atoms with Crippen LogP contribution in [-0.4, -0.2) is 68.6 Å². The molecule has 0 bridgehead atoms. The van der Waals surface area contributed by atoms with E-state index in [-0.39, 0.29) is 16.2 Å². The molecule has 244 valence electrons.